The average Bonchev–Trinajstić information content (AvgIpc) is 2.46. The molecule has 1 aromatic rings. The molecule has 0 aromatic carbocycles. The van der Waals surface area contributed by atoms with Crippen molar-refractivity contribution >= 4 is 28.9 Å². The van der Waals surface area contributed by atoms with Gasteiger partial charge in [0.25, 0.3) is 0 Å². The summed E-state index contributed by atoms with van der Waals surface area (Å²) in [5, 5.41) is 0. The molecular formula is C9H12N2O3S. The standard InChI is InChI=1S/C9H12N2O3S/c1-5-6(10)4-7(15-5)9(13)14-3-2-8(11)12/h4H,2-3,10H2,1H3,(H2,11,12). The van der Waals surface area contributed by atoms with Crippen LogP contribution in [0.1, 0.15) is 21.0 Å². The Morgan fingerprint density at radius 1 is 1.53 bits per heavy atom. The molecule has 4 N–H and O–H groups in total. The zero-order valence-electron chi connectivity index (χ0n) is 8.28. The molecule has 1 rings (SSSR count). The third-order valence-electron chi connectivity index (χ3n) is 1.74. The van der Waals surface area contributed by atoms with Crippen LogP contribution in [0.2, 0.25) is 0 Å². The van der Waals surface area contributed by atoms with Gasteiger partial charge < -0.3 is 16.2 Å². The van der Waals surface area contributed by atoms with E-state index in [-0.39, 0.29) is 13.0 Å². The van der Waals surface area contributed by atoms with E-state index in [0.29, 0.717) is 10.6 Å². The van der Waals surface area contributed by atoms with E-state index in [1.807, 2.05) is 6.92 Å². The first kappa shape index (κ1) is 11.5. The maximum atomic E-state index is 11.4. The highest BCUT2D eigenvalue weighted by atomic mass is 32.1. The molecule has 82 valence electrons. The van der Waals surface area contributed by atoms with Crippen molar-refractivity contribution in [2.24, 2.45) is 5.73 Å². The fraction of sp³-hybridized carbons (Fsp3) is 0.333. The number of rotatable bonds is 4. The maximum absolute atomic E-state index is 11.4. The van der Waals surface area contributed by atoms with Crippen LogP contribution in [0.5, 0.6) is 0 Å². The van der Waals surface area contributed by atoms with E-state index in [1.165, 1.54) is 11.3 Å². The van der Waals surface area contributed by atoms with Crippen molar-refractivity contribution in [2.75, 3.05) is 12.3 Å². The van der Waals surface area contributed by atoms with Crippen LogP contribution < -0.4 is 11.5 Å². The molecule has 0 radical (unpaired) electrons. The molecule has 0 fully saturated rings. The van der Waals surface area contributed by atoms with Crippen molar-refractivity contribution in [3.8, 4) is 0 Å². The van der Waals surface area contributed by atoms with Gasteiger partial charge in [0.1, 0.15) is 11.5 Å². The van der Waals surface area contributed by atoms with Crippen molar-refractivity contribution in [1.82, 2.24) is 0 Å². The van der Waals surface area contributed by atoms with Gasteiger partial charge in [-0.25, -0.2) is 4.79 Å². The third-order valence-corrected chi connectivity index (χ3v) is 2.79. The van der Waals surface area contributed by atoms with Gasteiger partial charge in [-0.2, -0.15) is 0 Å². The number of amides is 1. The molecule has 0 aliphatic heterocycles. The Kier molecular flexibility index (Phi) is 3.68. The van der Waals surface area contributed by atoms with Gasteiger partial charge in [-0.1, -0.05) is 0 Å². The number of primary amides is 1. The Morgan fingerprint density at radius 2 is 2.20 bits per heavy atom. The van der Waals surface area contributed by atoms with E-state index >= 15 is 0 Å². The minimum Gasteiger partial charge on any atom is -0.461 e. The number of anilines is 1. The van der Waals surface area contributed by atoms with E-state index in [2.05, 4.69) is 0 Å². The van der Waals surface area contributed by atoms with E-state index < -0.39 is 11.9 Å². The monoisotopic (exact) mass is 228 g/mol. The van der Waals surface area contributed by atoms with Gasteiger partial charge in [0.05, 0.1) is 6.42 Å². The molecule has 0 atom stereocenters. The van der Waals surface area contributed by atoms with Gasteiger partial charge in [0, 0.05) is 10.6 Å². The molecule has 0 aliphatic rings. The van der Waals surface area contributed by atoms with E-state index in [9.17, 15) is 9.59 Å². The molecule has 0 aliphatic carbocycles. The zero-order valence-corrected chi connectivity index (χ0v) is 9.10. The summed E-state index contributed by atoms with van der Waals surface area (Å²) in [5.41, 5.74) is 11.1. The van der Waals surface area contributed by atoms with Crippen LogP contribution in [-0.2, 0) is 9.53 Å². The highest BCUT2D eigenvalue weighted by Crippen LogP contribution is 2.23. The smallest absolute Gasteiger partial charge is 0.348 e. The van der Waals surface area contributed by atoms with Crippen LogP contribution >= 0.6 is 11.3 Å². The molecule has 0 spiro atoms. The normalized spacial score (nSPS) is 9.93. The quantitative estimate of drug-likeness (QED) is 0.740. The fourth-order valence-electron chi connectivity index (χ4n) is 0.912. The number of nitrogens with two attached hydrogens (primary N) is 2. The Labute approximate surface area is 91.0 Å². The molecule has 15 heavy (non-hydrogen) atoms. The topological polar surface area (TPSA) is 95.4 Å². The van der Waals surface area contributed by atoms with Crippen molar-refractivity contribution < 1.29 is 14.3 Å². The third kappa shape index (κ3) is 3.25. The molecule has 1 amide bonds. The molecule has 5 nitrogen and oxygen atoms in total. The summed E-state index contributed by atoms with van der Waals surface area (Å²) < 4.78 is 4.82. The molecule has 0 saturated carbocycles. The molecular weight excluding hydrogens is 216 g/mol. The number of hydrogen-bond acceptors (Lipinski definition) is 5. The highest BCUT2D eigenvalue weighted by molar-refractivity contribution is 7.14. The average molecular weight is 228 g/mol. The summed E-state index contributed by atoms with van der Waals surface area (Å²) in [7, 11) is 0. The Morgan fingerprint density at radius 3 is 2.67 bits per heavy atom. The lowest BCUT2D eigenvalue weighted by molar-refractivity contribution is -0.118. The first-order valence-electron chi connectivity index (χ1n) is 4.32. The van der Waals surface area contributed by atoms with Crippen LogP contribution in [-0.4, -0.2) is 18.5 Å². The second-order valence-corrected chi connectivity index (χ2v) is 4.23. The minimum atomic E-state index is -0.496. The van der Waals surface area contributed by atoms with Gasteiger partial charge in [0.2, 0.25) is 5.91 Å². The van der Waals surface area contributed by atoms with Crippen LogP contribution in [0.25, 0.3) is 0 Å². The SMILES string of the molecule is Cc1sc(C(=O)OCCC(N)=O)cc1N. The second kappa shape index (κ2) is 4.79. The first-order valence-corrected chi connectivity index (χ1v) is 5.13. The van der Waals surface area contributed by atoms with E-state index in [0.717, 1.165) is 4.88 Å². The van der Waals surface area contributed by atoms with Gasteiger partial charge in [-0.3, -0.25) is 4.79 Å². The molecule has 0 unspecified atom stereocenters. The lowest BCUT2D eigenvalue weighted by atomic mass is 10.4. The number of aryl methyl sites for hydroxylation is 1. The summed E-state index contributed by atoms with van der Waals surface area (Å²) >= 11 is 1.27. The largest absolute Gasteiger partial charge is 0.461 e. The number of nitrogen functional groups attached to an aromatic ring is 1. The van der Waals surface area contributed by atoms with Crippen LogP contribution in [0.3, 0.4) is 0 Å². The van der Waals surface area contributed by atoms with Crippen molar-refractivity contribution in [1.29, 1.82) is 0 Å². The lowest BCUT2D eigenvalue weighted by Gasteiger charge is -1.99. The molecule has 0 bridgehead atoms. The number of ether oxygens (including phenoxy) is 1. The Balaban J connectivity index is 2.50. The molecule has 1 heterocycles. The number of esters is 1. The van der Waals surface area contributed by atoms with Gasteiger partial charge in [-0.05, 0) is 13.0 Å². The number of thiophene rings is 1. The number of carbonyl (C=O) groups excluding carboxylic acids is 2. The lowest BCUT2D eigenvalue weighted by Crippen LogP contribution is -2.15. The van der Waals surface area contributed by atoms with E-state index in [4.69, 9.17) is 16.2 Å². The number of hydrogen-bond donors (Lipinski definition) is 2. The minimum absolute atomic E-state index is 0.00498. The van der Waals surface area contributed by atoms with Gasteiger partial charge in [0.15, 0.2) is 0 Å². The predicted molar refractivity (Wildman–Crippen MR) is 57.6 cm³/mol. The predicted octanol–water partition coefficient (Wildman–Crippen LogP) is 0.671. The summed E-state index contributed by atoms with van der Waals surface area (Å²) in [6.45, 7) is 1.82. The summed E-state index contributed by atoms with van der Waals surface area (Å²) in [6, 6.07) is 1.56. The van der Waals surface area contributed by atoms with Crippen molar-refractivity contribution in [2.45, 2.75) is 13.3 Å². The summed E-state index contributed by atoms with van der Waals surface area (Å²) in [5.74, 6) is -0.967. The molecule has 1 aromatic heterocycles. The van der Waals surface area contributed by atoms with Crippen molar-refractivity contribution in [3.63, 3.8) is 0 Å². The van der Waals surface area contributed by atoms with Crippen LogP contribution in [0.15, 0.2) is 6.07 Å². The number of carbonyl (C=O) groups is 2. The Hall–Kier alpha value is -1.56. The highest BCUT2D eigenvalue weighted by Gasteiger charge is 2.12. The van der Waals surface area contributed by atoms with Gasteiger partial charge in [-0.15, -0.1) is 11.3 Å². The molecule has 6 heteroatoms. The van der Waals surface area contributed by atoms with Crippen LogP contribution in [0.4, 0.5) is 5.69 Å². The molecule has 0 saturated heterocycles. The second-order valence-electron chi connectivity index (χ2n) is 2.97. The fourth-order valence-corrected chi connectivity index (χ4v) is 1.75. The van der Waals surface area contributed by atoms with E-state index in [1.54, 1.807) is 6.07 Å². The zero-order chi connectivity index (χ0) is 11.4. The van der Waals surface area contributed by atoms with Gasteiger partial charge >= 0.3 is 5.97 Å². The Bertz CT molecular complexity index is 367. The summed E-state index contributed by atoms with van der Waals surface area (Å²) in [4.78, 5) is 23.1. The maximum Gasteiger partial charge on any atom is 0.348 e. The summed E-state index contributed by atoms with van der Waals surface area (Å²) in [6.07, 6.45) is 0.0333. The first-order chi connectivity index (χ1) is 7.00. The van der Waals surface area contributed by atoms with Crippen molar-refractivity contribution in [3.05, 3.63) is 15.8 Å². The van der Waals surface area contributed by atoms with Crippen LogP contribution in [0, 0.1) is 6.92 Å².